The standard InChI is InChI=1S/C21H31N7O2/c1-16-15-17(2)28(23-16)19-7-8-20(29)27(24-19)14-11-25-9-12-26(13-10-25)21(30)22-18-5-3-4-6-18/h7-8,15,18H,3-6,9-14H2,1-2H3,(H,22,30). The van der Waals surface area contributed by atoms with Gasteiger partial charge < -0.3 is 10.2 Å². The van der Waals surface area contributed by atoms with Gasteiger partial charge in [0, 0.05) is 50.5 Å². The monoisotopic (exact) mass is 413 g/mol. The molecule has 4 rings (SSSR count). The second-order valence-corrected chi connectivity index (χ2v) is 8.35. The van der Waals surface area contributed by atoms with Crippen molar-refractivity contribution in [2.45, 2.75) is 52.1 Å². The summed E-state index contributed by atoms with van der Waals surface area (Å²) >= 11 is 0. The molecule has 1 aliphatic carbocycles. The van der Waals surface area contributed by atoms with Crippen molar-refractivity contribution in [3.63, 3.8) is 0 Å². The van der Waals surface area contributed by atoms with E-state index in [4.69, 9.17) is 0 Å². The first-order chi connectivity index (χ1) is 14.5. The second kappa shape index (κ2) is 8.99. The molecule has 2 aromatic rings. The first-order valence-electron chi connectivity index (χ1n) is 10.9. The molecule has 1 saturated heterocycles. The zero-order valence-corrected chi connectivity index (χ0v) is 17.9. The van der Waals surface area contributed by atoms with Crippen LogP contribution in [0.15, 0.2) is 23.0 Å². The van der Waals surface area contributed by atoms with Crippen LogP contribution >= 0.6 is 0 Å². The van der Waals surface area contributed by atoms with Gasteiger partial charge in [-0.2, -0.15) is 5.10 Å². The fraction of sp³-hybridized carbons (Fsp3) is 0.619. The van der Waals surface area contributed by atoms with Crippen molar-refractivity contribution in [2.24, 2.45) is 0 Å². The van der Waals surface area contributed by atoms with E-state index in [2.05, 4.69) is 20.4 Å². The Morgan fingerprint density at radius 2 is 1.80 bits per heavy atom. The average Bonchev–Trinajstić information content (AvgIpc) is 3.36. The molecule has 30 heavy (non-hydrogen) atoms. The molecule has 2 fully saturated rings. The summed E-state index contributed by atoms with van der Waals surface area (Å²) in [6.45, 7) is 8.20. The van der Waals surface area contributed by atoms with Gasteiger partial charge in [-0.05, 0) is 38.8 Å². The van der Waals surface area contributed by atoms with Crippen molar-refractivity contribution in [3.05, 3.63) is 39.9 Å². The number of nitrogens with zero attached hydrogens (tertiary/aromatic N) is 6. The molecule has 0 atom stereocenters. The van der Waals surface area contributed by atoms with Gasteiger partial charge in [0.15, 0.2) is 5.82 Å². The number of hydrogen-bond donors (Lipinski definition) is 1. The highest BCUT2D eigenvalue weighted by atomic mass is 16.2. The van der Waals surface area contributed by atoms with Crippen LogP contribution in [-0.4, -0.2) is 74.2 Å². The number of aryl methyl sites for hydroxylation is 2. The van der Waals surface area contributed by atoms with Crippen molar-refractivity contribution in [3.8, 4) is 5.82 Å². The molecule has 0 aromatic carbocycles. The van der Waals surface area contributed by atoms with E-state index >= 15 is 0 Å². The van der Waals surface area contributed by atoms with E-state index in [0.717, 1.165) is 43.9 Å². The molecule has 0 unspecified atom stereocenters. The van der Waals surface area contributed by atoms with E-state index in [0.29, 0.717) is 31.5 Å². The molecule has 1 saturated carbocycles. The van der Waals surface area contributed by atoms with Crippen LogP contribution in [0.2, 0.25) is 0 Å². The molecule has 9 heteroatoms. The lowest BCUT2D eigenvalue weighted by Gasteiger charge is -2.35. The van der Waals surface area contributed by atoms with E-state index < -0.39 is 0 Å². The molecule has 0 spiro atoms. The minimum atomic E-state index is -0.116. The predicted molar refractivity (Wildman–Crippen MR) is 114 cm³/mol. The minimum Gasteiger partial charge on any atom is -0.335 e. The molecule has 3 heterocycles. The third kappa shape index (κ3) is 4.72. The molecule has 2 aromatic heterocycles. The van der Waals surface area contributed by atoms with Crippen LogP contribution in [0.25, 0.3) is 5.82 Å². The summed E-state index contributed by atoms with van der Waals surface area (Å²) in [5.74, 6) is 0.647. The summed E-state index contributed by atoms with van der Waals surface area (Å²) < 4.78 is 3.26. The van der Waals surface area contributed by atoms with Gasteiger partial charge in [-0.1, -0.05) is 12.8 Å². The first-order valence-corrected chi connectivity index (χ1v) is 10.9. The average molecular weight is 414 g/mol. The highest BCUT2D eigenvalue weighted by Crippen LogP contribution is 2.18. The summed E-state index contributed by atoms with van der Waals surface area (Å²) in [5, 5.41) is 12.1. The van der Waals surface area contributed by atoms with Crippen LogP contribution < -0.4 is 10.9 Å². The van der Waals surface area contributed by atoms with Gasteiger partial charge in [0.25, 0.3) is 5.56 Å². The molecule has 1 N–H and O–H groups in total. The van der Waals surface area contributed by atoms with Crippen molar-refractivity contribution < 1.29 is 4.79 Å². The molecule has 162 valence electrons. The van der Waals surface area contributed by atoms with Crippen molar-refractivity contribution in [1.82, 2.24) is 34.7 Å². The summed E-state index contributed by atoms with van der Waals surface area (Å²) in [6, 6.07) is 5.66. The third-order valence-electron chi connectivity index (χ3n) is 6.05. The smallest absolute Gasteiger partial charge is 0.317 e. The van der Waals surface area contributed by atoms with E-state index in [1.807, 2.05) is 24.8 Å². The number of urea groups is 1. The maximum atomic E-state index is 12.4. The molecule has 9 nitrogen and oxygen atoms in total. The largest absolute Gasteiger partial charge is 0.335 e. The van der Waals surface area contributed by atoms with Crippen LogP contribution in [0.1, 0.15) is 37.1 Å². The Morgan fingerprint density at radius 3 is 2.47 bits per heavy atom. The summed E-state index contributed by atoms with van der Waals surface area (Å²) in [6.07, 6.45) is 4.63. The van der Waals surface area contributed by atoms with E-state index in [1.54, 1.807) is 16.8 Å². The highest BCUT2D eigenvalue weighted by molar-refractivity contribution is 5.74. The lowest BCUT2D eigenvalue weighted by Crippen LogP contribution is -2.53. The first kappa shape index (κ1) is 20.6. The maximum Gasteiger partial charge on any atom is 0.317 e. The number of hydrogen-bond acceptors (Lipinski definition) is 5. The molecule has 0 bridgehead atoms. The Balaban J connectivity index is 1.30. The lowest BCUT2D eigenvalue weighted by molar-refractivity contribution is 0.133. The number of amides is 2. The maximum absolute atomic E-state index is 12.4. The number of nitrogens with one attached hydrogen (secondary N) is 1. The zero-order chi connectivity index (χ0) is 21.1. The van der Waals surface area contributed by atoms with Gasteiger partial charge in [0.1, 0.15) is 0 Å². The van der Waals surface area contributed by atoms with Crippen LogP contribution in [-0.2, 0) is 6.54 Å². The van der Waals surface area contributed by atoms with Gasteiger partial charge in [-0.25, -0.2) is 14.2 Å². The molecular formula is C21H31N7O2. The van der Waals surface area contributed by atoms with Crippen LogP contribution in [0.5, 0.6) is 0 Å². The summed E-state index contributed by atoms with van der Waals surface area (Å²) in [4.78, 5) is 28.9. The van der Waals surface area contributed by atoms with Crippen molar-refractivity contribution >= 4 is 6.03 Å². The SMILES string of the molecule is Cc1cc(C)n(-c2ccc(=O)n(CCN3CCN(C(=O)NC4CCCC4)CC3)n2)n1. The van der Waals surface area contributed by atoms with Gasteiger partial charge in [0.05, 0.1) is 12.2 Å². The molecule has 2 aliphatic rings. The normalized spacial score (nSPS) is 18.1. The molecular weight excluding hydrogens is 382 g/mol. The quantitative estimate of drug-likeness (QED) is 0.799. The zero-order valence-electron chi connectivity index (χ0n) is 17.9. The number of rotatable bonds is 5. The Labute approximate surface area is 176 Å². The minimum absolute atomic E-state index is 0.0667. The van der Waals surface area contributed by atoms with Gasteiger partial charge in [0.2, 0.25) is 0 Å². The Morgan fingerprint density at radius 1 is 1.07 bits per heavy atom. The van der Waals surface area contributed by atoms with E-state index in [9.17, 15) is 9.59 Å². The van der Waals surface area contributed by atoms with Crippen LogP contribution in [0.3, 0.4) is 0 Å². The van der Waals surface area contributed by atoms with Gasteiger partial charge >= 0.3 is 6.03 Å². The van der Waals surface area contributed by atoms with E-state index in [1.165, 1.54) is 17.5 Å². The Kier molecular flexibility index (Phi) is 6.17. The van der Waals surface area contributed by atoms with Gasteiger partial charge in [-0.15, -0.1) is 5.10 Å². The predicted octanol–water partition coefficient (Wildman–Crippen LogP) is 1.32. The number of carbonyl (C=O) groups is 1. The topological polar surface area (TPSA) is 88.3 Å². The summed E-state index contributed by atoms with van der Waals surface area (Å²) in [5.41, 5.74) is 1.79. The third-order valence-corrected chi connectivity index (χ3v) is 6.05. The van der Waals surface area contributed by atoms with Gasteiger partial charge in [-0.3, -0.25) is 9.69 Å². The fourth-order valence-corrected chi connectivity index (χ4v) is 4.32. The second-order valence-electron chi connectivity index (χ2n) is 8.35. The Bertz CT molecular complexity index is 937. The molecule has 2 amide bonds. The molecule has 1 aliphatic heterocycles. The lowest BCUT2D eigenvalue weighted by atomic mass is 10.2. The summed E-state index contributed by atoms with van der Waals surface area (Å²) in [7, 11) is 0. The highest BCUT2D eigenvalue weighted by Gasteiger charge is 2.24. The number of piperazine rings is 1. The number of aromatic nitrogens is 4. The van der Waals surface area contributed by atoms with Crippen molar-refractivity contribution in [1.29, 1.82) is 0 Å². The molecule has 0 radical (unpaired) electrons. The fourth-order valence-electron chi connectivity index (χ4n) is 4.32. The van der Waals surface area contributed by atoms with Crippen molar-refractivity contribution in [2.75, 3.05) is 32.7 Å². The Hall–Kier alpha value is -2.68. The number of carbonyl (C=O) groups excluding carboxylic acids is 1. The van der Waals surface area contributed by atoms with E-state index in [-0.39, 0.29) is 11.6 Å². The van der Waals surface area contributed by atoms with Crippen LogP contribution in [0, 0.1) is 13.8 Å². The van der Waals surface area contributed by atoms with Crippen LogP contribution in [0.4, 0.5) is 4.79 Å².